The van der Waals surface area contributed by atoms with Crippen LogP contribution in [0.3, 0.4) is 0 Å². The highest BCUT2D eigenvalue weighted by Gasteiger charge is 2.25. The molecule has 288 valence electrons. The minimum Gasteiger partial charge on any atom is -0.309 e. The van der Waals surface area contributed by atoms with E-state index in [4.69, 9.17) is 4.98 Å². The van der Waals surface area contributed by atoms with Crippen molar-refractivity contribution >= 4 is 93.0 Å². The van der Waals surface area contributed by atoms with Crippen molar-refractivity contribution in [3.63, 3.8) is 0 Å². The summed E-state index contributed by atoms with van der Waals surface area (Å²) in [5.41, 5.74) is 13.4. The number of rotatable bonds is 4. The molecule has 14 aromatic rings. The van der Waals surface area contributed by atoms with Crippen LogP contribution >= 0.6 is 0 Å². The molecule has 0 aliphatic rings. The van der Waals surface area contributed by atoms with E-state index in [1.165, 1.54) is 59.7 Å². The second-order valence-corrected chi connectivity index (χ2v) is 16.4. The zero-order valence-electron chi connectivity index (χ0n) is 33.4. The van der Waals surface area contributed by atoms with Crippen LogP contribution in [-0.4, -0.2) is 23.1 Å². The topological polar surface area (TPSA) is 32.1 Å². The lowest BCUT2D eigenvalue weighted by molar-refractivity contribution is 1.09. The SMILES string of the molecule is c1ccc(-n2c3ccccc3c3cc(-c4ccc5c(c4)n4c6c7ccccc7n(-c7ccccc7)c6nc4n5-c4ccc5c6ccccc6c6ccccc6c5c4)ccc32)cc1. The van der Waals surface area contributed by atoms with E-state index in [2.05, 4.69) is 230 Å². The fraction of sp³-hybridized carbons (Fsp3) is 0. The molecule has 0 fully saturated rings. The molecule has 0 N–H and O–H groups in total. The van der Waals surface area contributed by atoms with Gasteiger partial charge in [-0.3, -0.25) is 13.5 Å². The zero-order chi connectivity index (χ0) is 40.5. The van der Waals surface area contributed by atoms with Crippen LogP contribution in [-0.2, 0) is 0 Å². The van der Waals surface area contributed by atoms with Crippen LogP contribution in [0.25, 0.3) is 121 Å². The van der Waals surface area contributed by atoms with Gasteiger partial charge in [0, 0.05) is 33.2 Å². The third-order valence-corrected chi connectivity index (χ3v) is 13.1. The number of fused-ring (bicyclic) bond motifs is 16. The van der Waals surface area contributed by atoms with Crippen molar-refractivity contribution < 1.29 is 0 Å². The number of para-hydroxylation sites is 4. The summed E-state index contributed by atoms with van der Waals surface area (Å²) < 4.78 is 9.46. The predicted octanol–water partition coefficient (Wildman–Crippen LogP) is 14.6. The van der Waals surface area contributed by atoms with Crippen LogP contribution in [0.1, 0.15) is 0 Å². The van der Waals surface area contributed by atoms with Gasteiger partial charge in [0.15, 0.2) is 5.65 Å². The third-order valence-electron chi connectivity index (χ3n) is 13.1. The fourth-order valence-electron chi connectivity index (χ4n) is 10.5. The van der Waals surface area contributed by atoms with Gasteiger partial charge in [0.05, 0.1) is 27.6 Å². The van der Waals surface area contributed by atoms with Crippen molar-refractivity contribution in [2.75, 3.05) is 0 Å². The summed E-state index contributed by atoms with van der Waals surface area (Å²) in [5.74, 6) is 0.878. The Kier molecular flexibility index (Phi) is 6.77. The van der Waals surface area contributed by atoms with E-state index in [0.29, 0.717) is 0 Å². The molecule has 0 amide bonds. The molecule has 14 rings (SSSR count). The minimum absolute atomic E-state index is 0.878. The molecule has 4 aromatic heterocycles. The Labute approximate surface area is 355 Å². The first-order valence-corrected chi connectivity index (χ1v) is 21.2. The molecule has 0 aliphatic heterocycles. The molecule has 0 aliphatic carbocycles. The molecule has 0 atom stereocenters. The summed E-state index contributed by atoms with van der Waals surface area (Å²) in [5, 5.41) is 11.2. The van der Waals surface area contributed by atoms with Gasteiger partial charge in [-0.1, -0.05) is 140 Å². The van der Waals surface area contributed by atoms with Gasteiger partial charge in [-0.25, -0.2) is 0 Å². The summed E-state index contributed by atoms with van der Waals surface area (Å²) >= 11 is 0. The summed E-state index contributed by atoms with van der Waals surface area (Å²) in [7, 11) is 0. The third kappa shape index (κ3) is 4.54. The molecule has 4 heterocycles. The van der Waals surface area contributed by atoms with Crippen LogP contribution in [0, 0.1) is 0 Å². The molecule has 0 radical (unpaired) electrons. The molecule has 0 spiro atoms. The molecule has 0 bridgehead atoms. The van der Waals surface area contributed by atoms with Crippen LogP contribution < -0.4 is 0 Å². The lowest BCUT2D eigenvalue weighted by atomic mass is 9.94. The highest BCUT2D eigenvalue weighted by Crippen LogP contribution is 2.41. The molecule has 0 saturated heterocycles. The number of aromatic nitrogens is 5. The first-order valence-electron chi connectivity index (χ1n) is 21.2. The molecule has 0 unspecified atom stereocenters. The Bertz CT molecular complexity index is 4110. The molecule has 62 heavy (non-hydrogen) atoms. The van der Waals surface area contributed by atoms with Gasteiger partial charge in [-0.05, 0) is 116 Å². The molecule has 5 nitrogen and oxygen atoms in total. The van der Waals surface area contributed by atoms with E-state index < -0.39 is 0 Å². The monoisotopic (exact) mass is 789 g/mol. The summed E-state index contributed by atoms with van der Waals surface area (Å²) in [6.45, 7) is 0. The average Bonchev–Trinajstić information content (AvgIpc) is 4.06. The van der Waals surface area contributed by atoms with Crippen molar-refractivity contribution in [1.29, 1.82) is 0 Å². The van der Waals surface area contributed by atoms with E-state index in [0.717, 1.165) is 61.5 Å². The number of imidazole rings is 2. The Balaban J connectivity index is 1.07. The van der Waals surface area contributed by atoms with Gasteiger partial charge in [0.2, 0.25) is 5.78 Å². The first-order chi connectivity index (χ1) is 30.8. The van der Waals surface area contributed by atoms with Crippen LogP contribution in [0.15, 0.2) is 212 Å². The van der Waals surface area contributed by atoms with Gasteiger partial charge in [-0.2, -0.15) is 4.98 Å². The average molecular weight is 790 g/mol. The second-order valence-electron chi connectivity index (χ2n) is 16.4. The predicted molar refractivity (Wildman–Crippen MR) is 259 cm³/mol. The normalized spacial score (nSPS) is 12.2. The highest BCUT2D eigenvalue weighted by atomic mass is 15.2. The number of hydrogen-bond donors (Lipinski definition) is 0. The zero-order valence-corrected chi connectivity index (χ0v) is 33.4. The van der Waals surface area contributed by atoms with Gasteiger partial charge >= 0.3 is 0 Å². The van der Waals surface area contributed by atoms with E-state index >= 15 is 0 Å². The molecular weight excluding hydrogens is 755 g/mol. The van der Waals surface area contributed by atoms with Crippen molar-refractivity contribution in [3.8, 4) is 28.2 Å². The summed E-state index contributed by atoms with van der Waals surface area (Å²) in [4.78, 5) is 5.63. The maximum Gasteiger partial charge on any atom is 0.222 e. The first kappa shape index (κ1) is 33.4. The molecular formula is C57H35N5. The van der Waals surface area contributed by atoms with Crippen molar-refractivity contribution in [3.05, 3.63) is 212 Å². The van der Waals surface area contributed by atoms with Gasteiger partial charge in [0.25, 0.3) is 0 Å². The molecule has 5 heteroatoms. The largest absolute Gasteiger partial charge is 0.309 e. The van der Waals surface area contributed by atoms with Crippen molar-refractivity contribution in [1.82, 2.24) is 23.1 Å². The molecule has 10 aromatic carbocycles. The second kappa shape index (κ2) is 12.6. The lowest BCUT2D eigenvalue weighted by Crippen LogP contribution is -1.97. The maximum absolute atomic E-state index is 5.63. The minimum atomic E-state index is 0.878. The van der Waals surface area contributed by atoms with Crippen molar-refractivity contribution in [2.24, 2.45) is 0 Å². The van der Waals surface area contributed by atoms with Gasteiger partial charge in [0.1, 0.15) is 5.52 Å². The number of benzene rings is 10. The van der Waals surface area contributed by atoms with E-state index in [-0.39, 0.29) is 0 Å². The van der Waals surface area contributed by atoms with Gasteiger partial charge < -0.3 is 4.57 Å². The number of hydrogen-bond acceptors (Lipinski definition) is 1. The van der Waals surface area contributed by atoms with Crippen molar-refractivity contribution in [2.45, 2.75) is 0 Å². The quantitative estimate of drug-likeness (QED) is 0.163. The smallest absolute Gasteiger partial charge is 0.222 e. The number of nitrogens with zero attached hydrogens (tertiary/aromatic N) is 5. The molecule has 0 saturated carbocycles. The van der Waals surface area contributed by atoms with Gasteiger partial charge in [-0.15, -0.1) is 0 Å². The standard InChI is InChI=1S/C57H35N5/c1-3-15-38(16-4-1)59-50-25-13-11-23-46(50)49-33-36(27-31-52(49)59)37-28-32-53-54(34-37)62-55-47-24-12-14-26-51(47)60(39-17-5-2-6-18-39)56(55)58-57(62)61(53)40-29-30-45-43-21-8-7-19-41(43)42-20-9-10-22-44(42)48(45)35-40/h1-35H. The van der Waals surface area contributed by atoms with E-state index in [1.807, 2.05) is 0 Å². The van der Waals surface area contributed by atoms with Crippen LogP contribution in [0.2, 0.25) is 0 Å². The Morgan fingerprint density at radius 2 is 0.774 bits per heavy atom. The Morgan fingerprint density at radius 3 is 1.45 bits per heavy atom. The van der Waals surface area contributed by atoms with E-state index in [9.17, 15) is 0 Å². The lowest BCUT2D eigenvalue weighted by Gasteiger charge is -2.13. The fourth-order valence-corrected chi connectivity index (χ4v) is 10.5. The van der Waals surface area contributed by atoms with Crippen LogP contribution in [0.4, 0.5) is 0 Å². The van der Waals surface area contributed by atoms with E-state index in [1.54, 1.807) is 0 Å². The summed E-state index contributed by atoms with van der Waals surface area (Å²) in [6, 6.07) is 77.2. The Morgan fingerprint density at radius 1 is 0.274 bits per heavy atom. The maximum atomic E-state index is 5.63. The Hall–Kier alpha value is -8.41. The highest BCUT2D eigenvalue weighted by molar-refractivity contribution is 6.25. The van der Waals surface area contributed by atoms with Crippen LogP contribution in [0.5, 0.6) is 0 Å². The summed E-state index contributed by atoms with van der Waals surface area (Å²) in [6.07, 6.45) is 0.